The highest BCUT2D eigenvalue weighted by molar-refractivity contribution is 6.08. The molecule has 2 heterocycles. The molecule has 7 nitrogen and oxygen atoms in total. The van der Waals surface area contributed by atoms with Crippen LogP contribution >= 0.6 is 0 Å². The monoisotopic (exact) mass is 387 g/mol. The minimum Gasteiger partial charge on any atom is -0.354 e. The summed E-state index contributed by atoms with van der Waals surface area (Å²) < 4.78 is 0. The van der Waals surface area contributed by atoms with Crippen molar-refractivity contribution in [1.29, 1.82) is 5.26 Å². The van der Waals surface area contributed by atoms with E-state index in [0.717, 1.165) is 27.7 Å². The molecule has 2 amide bonds. The van der Waals surface area contributed by atoms with Gasteiger partial charge in [0.1, 0.15) is 6.54 Å². The van der Waals surface area contributed by atoms with Gasteiger partial charge < -0.3 is 20.5 Å². The van der Waals surface area contributed by atoms with Crippen LogP contribution in [0.5, 0.6) is 0 Å². The van der Waals surface area contributed by atoms with E-state index in [1.165, 1.54) is 4.90 Å². The number of aromatic nitrogens is 1. The number of carbonyl (C=O) groups excluding carboxylic acids is 2. The van der Waals surface area contributed by atoms with Gasteiger partial charge in [0.25, 0.3) is 0 Å². The number of aromatic amines is 1. The van der Waals surface area contributed by atoms with Crippen LogP contribution in [0.25, 0.3) is 22.2 Å². The van der Waals surface area contributed by atoms with Crippen molar-refractivity contribution >= 4 is 28.4 Å². The largest absolute Gasteiger partial charge is 0.354 e. The summed E-state index contributed by atoms with van der Waals surface area (Å²) in [4.78, 5) is 30.5. The number of fused-ring (bicyclic) bond motifs is 5. The van der Waals surface area contributed by atoms with Crippen LogP contribution in [-0.4, -0.2) is 43.5 Å². The van der Waals surface area contributed by atoms with Gasteiger partial charge in [-0.15, -0.1) is 0 Å². The van der Waals surface area contributed by atoms with E-state index in [1.807, 2.05) is 37.4 Å². The van der Waals surface area contributed by atoms with Crippen LogP contribution < -0.4 is 15.5 Å². The maximum atomic E-state index is 13.2. The lowest BCUT2D eigenvalue weighted by atomic mass is 10.0. The fourth-order valence-corrected chi connectivity index (χ4v) is 3.73. The van der Waals surface area contributed by atoms with Gasteiger partial charge in [-0.3, -0.25) is 9.59 Å². The second-order valence-electron chi connectivity index (χ2n) is 6.98. The van der Waals surface area contributed by atoms with Crippen molar-refractivity contribution in [2.24, 2.45) is 0 Å². The second kappa shape index (κ2) is 7.78. The van der Waals surface area contributed by atoms with Crippen molar-refractivity contribution < 1.29 is 9.59 Å². The third-order valence-electron chi connectivity index (χ3n) is 5.13. The van der Waals surface area contributed by atoms with E-state index in [2.05, 4.69) is 21.7 Å². The molecule has 0 atom stereocenters. The first-order valence-electron chi connectivity index (χ1n) is 9.48. The molecular formula is C22H21N5O2. The number of nitrogens with zero attached hydrogens (tertiary/aromatic N) is 2. The zero-order valence-electron chi connectivity index (χ0n) is 16.1. The fourth-order valence-electron chi connectivity index (χ4n) is 3.73. The Morgan fingerprint density at radius 2 is 2.07 bits per heavy atom. The van der Waals surface area contributed by atoms with E-state index in [9.17, 15) is 14.9 Å². The molecular weight excluding hydrogens is 366 g/mol. The normalized spacial score (nSPS) is 12.8. The lowest BCUT2D eigenvalue weighted by Gasteiger charge is -2.22. The van der Waals surface area contributed by atoms with Crippen molar-refractivity contribution in [2.75, 3.05) is 31.6 Å². The van der Waals surface area contributed by atoms with Crippen LogP contribution in [0, 0.1) is 11.3 Å². The molecule has 3 aromatic rings. The van der Waals surface area contributed by atoms with E-state index in [-0.39, 0.29) is 24.8 Å². The summed E-state index contributed by atoms with van der Waals surface area (Å²) in [6, 6.07) is 15.2. The lowest BCUT2D eigenvalue weighted by molar-refractivity contribution is -0.123. The molecule has 146 valence electrons. The highest BCUT2D eigenvalue weighted by Gasteiger charge is 2.29. The van der Waals surface area contributed by atoms with Gasteiger partial charge in [-0.2, -0.15) is 5.26 Å². The molecule has 0 radical (unpaired) electrons. The van der Waals surface area contributed by atoms with Crippen molar-refractivity contribution in [1.82, 2.24) is 15.6 Å². The summed E-state index contributed by atoms with van der Waals surface area (Å²) in [5, 5.41) is 15.9. The Bertz CT molecular complexity index is 1140. The van der Waals surface area contributed by atoms with Crippen molar-refractivity contribution in [3.63, 3.8) is 0 Å². The number of benzene rings is 2. The van der Waals surface area contributed by atoms with Gasteiger partial charge >= 0.3 is 0 Å². The first kappa shape index (κ1) is 18.7. The van der Waals surface area contributed by atoms with Gasteiger partial charge in [-0.05, 0) is 36.9 Å². The predicted octanol–water partition coefficient (Wildman–Crippen LogP) is 1.93. The summed E-state index contributed by atoms with van der Waals surface area (Å²) in [6.45, 7) is 1.12. The molecule has 0 aliphatic carbocycles. The molecule has 0 spiro atoms. The highest BCUT2D eigenvalue weighted by Crippen LogP contribution is 2.39. The third kappa shape index (κ3) is 3.46. The van der Waals surface area contributed by atoms with E-state index in [1.54, 1.807) is 12.1 Å². The summed E-state index contributed by atoms with van der Waals surface area (Å²) in [5.41, 5.74) is 4.71. The number of H-pyrrole nitrogens is 1. The molecule has 0 saturated carbocycles. The summed E-state index contributed by atoms with van der Waals surface area (Å²) in [5.74, 6) is -0.353. The van der Waals surface area contributed by atoms with Crippen molar-refractivity contribution in [3.8, 4) is 17.3 Å². The number of para-hydroxylation sites is 1. The van der Waals surface area contributed by atoms with E-state index in [4.69, 9.17) is 0 Å². The van der Waals surface area contributed by atoms with Crippen LogP contribution in [-0.2, 0) is 16.0 Å². The summed E-state index contributed by atoms with van der Waals surface area (Å²) in [7, 11) is 1.82. The number of hydrogen-bond donors (Lipinski definition) is 3. The number of rotatable bonds is 5. The summed E-state index contributed by atoms with van der Waals surface area (Å²) >= 11 is 0. The number of hydrogen-bond acceptors (Lipinski definition) is 4. The van der Waals surface area contributed by atoms with Gasteiger partial charge in [-0.25, -0.2) is 0 Å². The minimum absolute atomic E-state index is 0.0365. The Balaban J connectivity index is 1.76. The van der Waals surface area contributed by atoms with Gasteiger partial charge in [0.05, 0.1) is 29.4 Å². The number of nitriles is 1. The van der Waals surface area contributed by atoms with Gasteiger partial charge in [0.2, 0.25) is 11.8 Å². The number of carbonyl (C=O) groups is 2. The predicted molar refractivity (Wildman–Crippen MR) is 111 cm³/mol. The molecule has 1 aromatic heterocycles. The van der Waals surface area contributed by atoms with Crippen LogP contribution in [0.15, 0.2) is 42.5 Å². The molecule has 1 aliphatic heterocycles. The van der Waals surface area contributed by atoms with Crippen molar-refractivity contribution in [3.05, 3.63) is 53.6 Å². The lowest BCUT2D eigenvalue weighted by Crippen LogP contribution is -2.42. The Morgan fingerprint density at radius 1 is 1.24 bits per heavy atom. The molecule has 0 fully saturated rings. The molecule has 4 rings (SSSR count). The van der Waals surface area contributed by atoms with Crippen LogP contribution in [0.3, 0.4) is 0 Å². The zero-order valence-corrected chi connectivity index (χ0v) is 16.1. The molecule has 1 aliphatic rings. The molecule has 0 unspecified atom stereocenters. The molecule has 7 heteroatoms. The highest BCUT2D eigenvalue weighted by atomic mass is 16.2. The molecule has 0 saturated heterocycles. The second-order valence-corrected chi connectivity index (χ2v) is 6.98. The Hall–Kier alpha value is -3.63. The fraction of sp³-hybridized carbons (Fsp3) is 0.227. The topological polar surface area (TPSA) is 101 Å². The molecule has 3 N–H and O–H groups in total. The minimum atomic E-state index is -0.203. The van der Waals surface area contributed by atoms with E-state index >= 15 is 0 Å². The zero-order chi connectivity index (χ0) is 20.4. The van der Waals surface area contributed by atoms with Gasteiger partial charge in [0.15, 0.2) is 0 Å². The Labute approximate surface area is 168 Å². The van der Waals surface area contributed by atoms with Crippen LogP contribution in [0.2, 0.25) is 0 Å². The quantitative estimate of drug-likeness (QED) is 0.582. The number of nitrogens with one attached hydrogen (secondary N) is 3. The maximum absolute atomic E-state index is 13.2. The van der Waals surface area contributed by atoms with Crippen LogP contribution in [0.4, 0.5) is 5.69 Å². The molecule has 0 bridgehead atoms. The smallest absolute Gasteiger partial charge is 0.240 e. The van der Waals surface area contributed by atoms with E-state index < -0.39 is 0 Å². The maximum Gasteiger partial charge on any atom is 0.240 e. The van der Waals surface area contributed by atoms with Crippen molar-refractivity contribution in [2.45, 2.75) is 6.42 Å². The van der Waals surface area contributed by atoms with Crippen LogP contribution in [0.1, 0.15) is 11.1 Å². The van der Waals surface area contributed by atoms with Gasteiger partial charge in [-0.1, -0.05) is 18.2 Å². The Morgan fingerprint density at radius 3 is 2.86 bits per heavy atom. The molecule has 2 aromatic carbocycles. The average molecular weight is 387 g/mol. The molecule has 29 heavy (non-hydrogen) atoms. The average Bonchev–Trinajstić information content (AvgIpc) is 3.04. The number of amides is 2. The first-order chi connectivity index (χ1) is 14.1. The van der Waals surface area contributed by atoms with E-state index in [0.29, 0.717) is 24.3 Å². The number of likely N-dealkylation sites (N-methyl/N-ethyl adjacent to an activating group) is 1. The standard InChI is InChI=1S/C22H21N5O2/c1-24-8-9-25-20(28)13-27-19-5-3-2-4-15(19)22-17(11-21(27)29)16-10-14(12-23)6-7-18(16)26-22/h2-7,10,24,26H,8-9,11,13H2,1H3,(H,25,28). The summed E-state index contributed by atoms with van der Waals surface area (Å²) in [6.07, 6.45) is 0.155. The SMILES string of the molecule is CNCCNC(=O)CN1C(=O)Cc2c([nH]c3ccc(C#N)cc23)-c2ccccc21. The third-order valence-corrected chi connectivity index (χ3v) is 5.13. The Kier molecular flexibility index (Phi) is 5.02. The van der Waals surface area contributed by atoms with Gasteiger partial charge in [0, 0.05) is 29.6 Å². The number of anilines is 1. The first-order valence-corrected chi connectivity index (χ1v) is 9.48.